The molecule has 0 bridgehead atoms. The molecule has 4 nitrogen and oxygen atoms in total. The van der Waals surface area contributed by atoms with Crippen molar-refractivity contribution in [2.24, 2.45) is 11.8 Å². The lowest BCUT2D eigenvalue weighted by molar-refractivity contribution is -0.123. The van der Waals surface area contributed by atoms with Gasteiger partial charge in [-0.15, -0.1) is 0 Å². The van der Waals surface area contributed by atoms with E-state index in [2.05, 4.69) is 43.2 Å². The molecule has 1 aliphatic rings. The summed E-state index contributed by atoms with van der Waals surface area (Å²) in [4.78, 5) is 14.3. The lowest BCUT2D eigenvalue weighted by Crippen LogP contribution is -2.47. The molecule has 1 heterocycles. The average Bonchev–Trinajstić information content (AvgIpc) is 2.36. The first-order valence-corrected chi connectivity index (χ1v) is 7.75. The van der Waals surface area contributed by atoms with Crippen LogP contribution in [-0.4, -0.2) is 49.6 Å². The van der Waals surface area contributed by atoms with Crippen molar-refractivity contribution >= 4 is 5.91 Å². The molecule has 0 aromatic carbocycles. The Bertz CT molecular complexity index is 268. The highest BCUT2D eigenvalue weighted by Gasteiger charge is 2.21. The Kier molecular flexibility index (Phi) is 7.39. The van der Waals surface area contributed by atoms with Crippen molar-refractivity contribution < 1.29 is 4.79 Å². The van der Waals surface area contributed by atoms with Crippen LogP contribution in [0.3, 0.4) is 0 Å². The number of nitrogens with one attached hydrogen (secondary N) is 2. The number of amides is 1. The Morgan fingerprint density at radius 1 is 1.37 bits per heavy atom. The smallest absolute Gasteiger partial charge is 0.234 e. The Labute approximate surface area is 118 Å². The first kappa shape index (κ1) is 16.4. The summed E-state index contributed by atoms with van der Waals surface area (Å²) in [5, 5.41) is 6.50. The minimum atomic E-state index is 0.172. The van der Waals surface area contributed by atoms with E-state index in [0.29, 0.717) is 18.4 Å². The van der Waals surface area contributed by atoms with Gasteiger partial charge in [0.2, 0.25) is 5.91 Å². The molecule has 19 heavy (non-hydrogen) atoms. The Morgan fingerprint density at radius 3 is 2.74 bits per heavy atom. The average molecular weight is 269 g/mol. The van der Waals surface area contributed by atoms with Gasteiger partial charge in [0.25, 0.3) is 0 Å². The molecule has 112 valence electrons. The highest BCUT2D eigenvalue weighted by molar-refractivity contribution is 5.78. The number of hydrogen-bond acceptors (Lipinski definition) is 3. The van der Waals surface area contributed by atoms with Crippen molar-refractivity contribution in [3.8, 4) is 0 Å². The Morgan fingerprint density at radius 2 is 2.11 bits per heavy atom. The van der Waals surface area contributed by atoms with Crippen LogP contribution >= 0.6 is 0 Å². The lowest BCUT2D eigenvalue weighted by Gasteiger charge is -2.32. The van der Waals surface area contributed by atoms with Gasteiger partial charge in [0, 0.05) is 12.6 Å². The van der Waals surface area contributed by atoms with E-state index in [9.17, 15) is 4.79 Å². The van der Waals surface area contributed by atoms with Crippen molar-refractivity contribution in [1.29, 1.82) is 0 Å². The molecule has 0 aliphatic carbocycles. The first-order valence-electron chi connectivity index (χ1n) is 7.75. The van der Waals surface area contributed by atoms with Crippen LogP contribution in [0.4, 0.5) is 0 Å². The van der Waals surface area contributed by atoms with Gasteiger partial charge in [0.1, 0.15) is 0 Å². The summed E-state index contributed by atoms with van der Waals surface area (Å²) in [6.45, 7) is 13.3. The largest absolute Gasteiger partial charge is 0.352 e. The fraction of sp³-hybridized carbons (Fsp3) is 0.933. The molecule has 2 unspecified atom stereocenters. The van der Waals surface area contributed by atoms with E-state index in [1.807, 2.05) is 0 Å². The van der Waals surface area contributed by atoms with Crippen LogP contribution < -0.4 is 10.6 Å². The number of piperidine rings is 1. The fourth-order valence-electron chi connectivity index (χ4n) is 2.48. The van der Waals surface area contributed by atoms with Gasteiger partial charge in [-0.1, -0.05) is 20.8 Å². The number of rotatable bonds is 7. The number of carbonyl (C=O) groups is 1. The second kappa shape index (κ2) is 8.54. The van der Waals surface area contributed by atoms with Crippen LogP contribution in [0.25, 0.3) is 0 Å². The van der Waals surface area contributed by atoms with E-state index in [1.165, 1.54) is 12.8 Å². The topological polar surface area (TPSA) is 44.4 Å². The molecule has 1 aliphatic heterocycles. The van der Waals surface area contributed by atoms with Gasteiger partial charge in [-0.05, 0) is 51.2 Å². The maximum absolute atomic E-state index is 12.0. The normalized spacial score (nSPS) is 22.5. The highest BCUT2D eigenvalue weighted by Crippen LogP contribution is 2.15. The van der Waals surface area contributed by atoms with Gasteiger partial charge < -0.3 is 10.6 Å². The van der Waals surface area contributed by atoms with Crippen LogP contribution in [0, 0.1) is 11.8 Å². The van der Waals surface area contributed by atoms with E-state index in [4.69, 9.17) is 0 Å². The third kappa shape index (κ3) is 6.39. The molecule has 1 rings (SSSR count). The third-order valence-electron chi connectivity index (χ3n) is 4.04. The molecule has 0 spiro atoms. The minimum absolute atomic E-state index is 0.172. The van der Waals surface area contributed by atoms with E-state index in [1.54, 1.807) is 0 Å². The summed E-state index contributed by atoms with van der Waals surface area (Å²) in [6, 6.07) is 0.259. The maximum atomic E-state index is 12.0. The zero-order chi connectivity index (χ0) is 14.3. The summed E-state index contributed by atoms with van der Waals surface area (Å²) in [5.41, 5.74) is 0. The van der Waals surface area contributed by atoms with E-state index in [-0.39, 0.29) is 11.9 Å². The number of hydrogen-bond donors (Lipinski definition) is 2. The first-order chi connectivity index (χ1) is 9.02. The van der Waals surface area contributed by atoms with Gasteiger partial charge >= 0.3 is 0 Å². The molecule has 1 amide bonds. The molecule has 2 atom stereocenters. The van der Waals surface area contributed by atoms with E-state index < -0.39 is 0 Å². The van der Waals surface area contributed by atoms with Crippen molar-refractivity contribution in [2.45, 2.75) is 46.6 Å². The quantitative estimate of drug-likeness (QED) is 0.735. The van der Waals surface area contributed by atoms with Crippen LogP contribution in [-0.2, 0) is 4.79 Å². The van der Waals surface area contributed by atoms with Gasteiger partial charge in [-0.3, -0.25) is 9.69 Å². The summed E-state index contributed by atoms with van der Waals surface area (Å²) in [5.74, 6) is 1.36. The molecule has 1 saturated heterocycles. The predicted octanol–water partition coefficient (Wildman–Crippen LogP) is 1.47. The van der Waals surface area contributed by atoms with Crippen LogP contribution in [0.5, 0.6) is 0 Å². The van der Waals surface area contributed by atoms with E-state index in [0.717, 1.165) is 26.2 Å². The Hall–Kier alpha value is -0.610. The zero-order valence-electron chi connectivity index (χ0n) is 13.0. The zero-order valence-corrected chi connectivity index (χ0v) is 13.0. The second-order valence-electron chi connectivity index (χ2n) is 6.15. The van der Waals surface area contributed by atoms with E-state index >= 15 is 0 Å². The van der Waals surface area contributed by atoms with Crippen LogP contribution in [0.2, 0.25) is 0 Å². The van der Waals surface area contributed by atoms with Gasteiger partial charge in [0.15, 0.2) is 0 Å². The summed E-state index contributed by atoms with van der Waals surface area (Å²) < 4.78 is 0. The minimum Gasteiger partial charge on any atom is -0.352 e. The number of likely N-dealkylation sites (tertiary alicyclic amines) is 1. The summed E-state index contributed by atoms with van der Waals surface area (Å²) in [7, 11) is 0. The SMILES string of the molecule is CCNCC1CCCN(CC(=O)NC(C)C(C)C)C1. The van der Waals surface area contributed by atoms with Crippen LogP contribution in [0.15, 0.2) is 0 Å². The molecule has 2 N–H and O–H groups in total. The highest BCUT2D eigenvalue weighted by atomic mass is 16.2. The van der Waals surface area contributed by atoms with Crippen molar-refractivity contribution in [2.75, 3.05) is 32.7 Å². The third-order valence-corrected chi connectivity index (χ3v) is 4.04. The van der Waals surface area contributed by atoms with Gasteiger partial charge in [0.05, 0.1) is 6.54 Å². The lowest BCUT2D eigenvalue weighted by atomic mass is 9.98. The van der Waals surface area contributed by atoms with Crippen LogP contribution in [0.1, 0.15) is 40.5 Å². The maximum Gasteiger partial charge on any atom is 0.234 e. The molecule has 0 aromatic rings. The molecular formula is C15H31N3O. The predicted molar refractivity (Wildman–Crippen MR) is 80.2 cm³/mol. The number of carbonyl (C=O) groups excluding carboxylic acids is 1. The molecule has 1 fully saturated rings. The monoisotopic (exact) mass is 269 g/mol. The van der Waals surface area contributed by atoms with Gasteiger partial charge in [-0.2, -0.15) is 0 Å². The van der Waals surface area contributed by atoms with Crippen molar-refractivity contribution in [3.63, 3.8) is 0 Å². The fourth-order valence-corrected chi connectivity index (χ4v) is 2.48. The summed E-state index contributed by atoms with van der Waals surface area (Å²) in [6.07, 6.45) is 2.50. The van der Waals surface area contributed by atoms with Crippen molar-refractivity contribution in [1.82, 2.24) is 15.5 Å². The van der Waals surface area contributed by atoms with Gasteiger partial charge in [-0.25, -0.2) is 0 Å². The standard InChI is InChI=1S/C15H31N3O/c1-5-16-9-14-7-6-8-18(10-14)11-15(19)17-13(4)12(2)3/h12-14,16H,5-11H2,1-4H3,(H,17,19). The summed E-state index contributed by atoms with van der Waals surface area (Å²) >= 11 is 0. The molecule has 0 aromatic heterocycles. The molecular weight excluding hydrogens is 238 g/mol. The number of nitrogens with zero attached hydrogens (tertiary/aromatic N) is 1. The molecule has 0 saturated carbocycles. The van der Waals surface area contributed by atoms with Crippen molar-refractivity contribution in [3.05, 3.63) is 0 Å². The molecule has 0 radical (unpaired) electrons. The Balaban J connectivity index is 2.29. The molecule has 4 heteroatoms. The second-order valence-corrected chi connectivity index (χ2v) is 6.15.